The molecule has 30 heavy (non-hydrogen) atoms. The van der Waals surface area contributed by atoms with Crippen LogP contribution in [0.5, 0.6) is 0 Å². The summed E-state index contributed by atoms with van der Waals surface area (Å²) in [6.07, 6.45) is 2.42. The van der Waals surface area contributed by atoms with E-state index in [9.17, 15) is 19.2 Å². The van der Waals surface area contributed by atoms with Gasteiger partial charge in [0.25, 0.3) is 0 Å². The molecule has 3 aliphatic heterocycles. The maximum Gasteiger partial charge on any atom is 0.242 e. The zero-order valence-corrected chi connectivity index (χ0v) is 16.9. The third kappa shape index (κ3) is 2.99. The van der Waals surface area contributed by atoms with Gasteiger partial charge in [-0.15, -0.1) is 0 Å². The number of hydrogen-bond acceptors (Lipinski definition) is 5. The van der Waals surface area contributed by atoms with Crippen LogP contribution in [0.3, 0.4) is 0 Å². The van der Waals surface area contributed by atoms with Gasteiger partial charge in [0.05, 0.1) is 24.2 Å². The van der Waals surface area contributed by atoms with E-state index in [1.165, 1.54) is 12.1 Å². The van der Waals surface area contributed by atoms with Crippen molar-refractivity contribution in [3.8, 4) is 6.07 Å². The Kier molecular flexibility index (Phi) is 4.56. The summed E-state index contributed by atoms with van der Waals surface area (Å²) in [7, 11) is 0. The largest absolute Gasteiger partial charge is 0.330 e. The van der Waals surface area contributed by atoms with Crippen molar-refractivity contribution in [2.45, 2.75) is 62.4 Å². The van der Waals surface area contributed by atoms with Gasteiger partial charge in [-0.3, -0.25) is 14.5 Å². The maximum atomic E-state index is 13.6. The summed E-state index contributed by atoms with van der Waals surface area (Å²) in [5.74, 6) is -0.0152. The van der Waals surface area contributed by atoms with Crippen LogP contribution in [-0.2, 0) is 9.59 Å². The summed E-state index contributed by atoms with van der Waals surface area (Å²) >= 11 is 0. The van der Waals surface area contributed by atoms with Gasteiger partial charge in [0.15, 0.2) is 0 Å². The Bertz CT molecular complexity index is 932. The van der Waals surface area contributed by atoms with E-state index in [-0.39, 0.29) is 47.8 Å². The van der Waals surface area contributed by atoms with Crippen molar-refractivity contribution in [2.75, 3.05) is 13.1 Å². The normalized spacial score (nSPS) is 34.1. The van der Waals surface area contributed by atoms with Crippen molar-refractivity contribution in [3.05, 3.63) is 35.6 Å². The zero-order chi connectivity index (χ0) is 21.2. The Hall–Kier alpha value is -2.50. The molecule has 4 fully saturated rings. The van der Waals surface area contributed by atoms with E-state index in [1.807, 2.05) is 22.8 Å². The third-order valence-corrected chi connectivity index (χ3v) is 7.32. The fraction of sp³-hybridized carbons (Fsp3) is 0.591. The average Bonchev–Trinajstić information content (AvgIpc) is 3.06. The fourth-order valence-corrected chi connectivity index (χ4v) is 5.74. The first-order valence-corrected chi connectivity index (χ1v) is 10.7. The van der Waals surface area contributed by atoms with Crippen LogP contribution in [-0.4, -0.2) is 69.8 Å². The molecule has 0 aromatic heterocycles. The minimum absolute atomic E-state index is 0.0148. The first-order valence-electron chi connectivity index (χ1n) is 10.7. The average molecular weight is 411 g/mol. The van der Waals surface area contributed by atoms with Gasteiger partial charge in [-0.25, -0.2) is 4.39 Å². The highest BCUT2D eigenvalue weighted by atomic mass is 19.1. The molecule has 8 heteroatoms. The molecule has 2 N–H and O–H groups in total. The van der Waals surface area contributed by atoms with Gasteiger partial charge >= 0.3 is 0 Å². The topological polar surface area (TPSA) is 93.7 Å². The maximum absolute atomic E-state index is 13.6. The predicted molar refractivity (Wildman–Crippen MR) is 106 cm³/mol. The van der Waals surface area contributed by atoms with Gasteiger partial charge in [-0.05, 0) is 49.8 Å². The summed E-state index contributed by atoms with van der Waals surface area (Å²) in [6.45, 7) is 2.90. The minimum Gasteiger partial charge on any atom is -0.330 e. The monoisotopic (exact) mass is 411 g/mol. The summed E-state index contributed by atoms with van der Waals surface area (Å²) in [5, 5.41) is 9.33. The molecule has 7 nitrogen and oxygen atoms in total. The van der Waals surface area contributed by atoms with Crippen molar-refractivity contribution in [1.82, 2.24) is 14.7 Å². The Morgan fingerprint density at radius 2 is 2.17 bits per heavy atom. The number of carbonyl (C=O) groups excluding carboxylic acids is 2. The fourth-order valence-electron chi connectivity index (χ4n) is 5.74. The molecule has 1 aromatic carbocycles. The molecule has 1 aromatic rings. The van der Waals surface area contributed by atoms with Crippen LogP contribution < -0.4 is 5.73 Å². The van der Waals surface area contributed by atoms with E-state index < -0.39 is 6.04 Å². The first kappa shape index (κ1) is 19.5. The molecule has 0 radical (unpaired) electrons. The van der Waals surface area contributed by atoms with E-state index >= 15 is 0 Å². The van der Waals surface area contributed by atoms with Gasteiger partial charge in [0, 0.05) is 25.2 Å². The molecule has 2 amide bonds. The number of hydrogen-bond donors (Lipinski definition) is 1. The quantitative estimate of drug-likeness (QED) is 0.781. The summed E-state index contributed by atoms with van der Waals surface area (Å²) in [5.41, 5.74) is 7.03. The van der Waals surface area contributed by atoms with Crippen LogP contribution in [0.4, 0.5) is 4.39 Å². The molecule has 3 heterocycles. The van der Waals surface area contributed by atoms with Crippen LogP contribution in [0.2, 0.25) is 0 Å². The highest BCUT2D eigenvalue weighted by Gasteiger charge is 2.56. The van der Waals surface area contributed by atoms with Gasteiger partial charge in [0.1, 0.15) is 11.9 Å². The highest BCUT2D eigenvalue weighted by Crippen LogP contribution is 2.48. The number of nitrogens with zero attached hydrogens (tertiary/aromatic N) is 4. The van der Waals surface area contributed by atoms with Crippen molar-refractivity contribution in [1.29, 1.82) is 5.26 Å². The van der Waals surface area contributed by atoms with Crippen molar-refractivity contribution in [3.63, 3.8) is 0 Å². The Balaban J connectivity index is 1.24. The van der Waals surface area contributed by atoms with E-state index in [2.05, 4.69) is 6.07 Å². The number of rotatable bonds is 5. The number of piperazine rings is 1. The minimum atomic E-state index is -0.735. The van der Waals surface area contributed by atoms with Crippen LogP contribution in [0, 0.1) is 23.1 Å². The number of amides is 2. The summed E-state index contributed by atoms with van der Waals surface area (Å²) in [6, 6.07) is 7.22. The number of halogens is 1. The van der Waals surface area contributed by atoms with Gasteiger partial charge < -0.3 is 15.5 Å². The molecule has 3 saturated heterocycles. The van der Waals surface area contributed by atoms with Crippen molar-refractivity contribution >= 4 is 11.8 Å². The molecule has 1 saturated carbocycles. The standard InChI is InChI=1S/C22H26FN5O2/c1-12(13-3-2-4-15(23)5-13)27-17-8-20(22(27)30)26(10-17)11-18(25)21(29)28-16(9-24)6-14-7-19(14)28/h2-5,12,14,16-20H,6-8,10-11,25H2,1H3/t12?,14-,16?,17+,18?,19+,20+/m1/s1. The molecule has 2 bridgehead atoms. The molecule has 1 aliphatic carbocycles. The number of carbonyl (C=O) groups is 2. The summed E-state index contributed by atoms with van der Waals surface area (Å²) < 4.78 is 13.6. The van der Waals surface area contributed by atoms with Gasteiger partial charge in [0.2, 0.25) is 11.8 Å². The Morgan fingerprint density at radius 1 is 1.37 bits per heavy atom. The van der Waals surface area contributed by atoms with Crippen LogP contribution in [0.1, 0.15) is 37.8 Å². The van der Waals surface area contributed by atoms with Gasteiger partial charge in [-0.1, -0.05) is 12.1 Å². The Morgan fingerprint density at radius 3 is 2.87 bits per heavy atom. The molecule has 7 atom stereocenters. The molecule has 158 valence electrons. The van der Waals surface area contributed by atoms with Crippen LogP contribution in [0.15, 0.2) is 24.3 Å². The third-order valence-electron chi connectivity index (χ3n) is 7.32. The number of fused-ring (bicyclic) bond motifs is 3. The molecule has 3 unspecified atom stereocenters. The molecule has 5 rings (SSSR count). The lowest BCUT2D eigenvalue weighted by atomic mass is 10.1. The first-order chi connectivity index (χ1) is 14.4. The van der Waals surface area contributed by atoms with E-state index in [4.69, 9.17) is 5.73 Å². The zero-order valence-electron chi connectivity index (χ0n) is 16.9. The Labute approximate surface area is 175 Å². The molecule has 4 aliphatic rings. The van der Waals surface area contributed by atoms with Gasteiger partial charge in [-0.2, -0.15) is 5.26 Å². The SMILES string of the molecule is CC(c1cccc(F)c1)N1C(=O)[C@@H]2C[C@H]1CN2CC(N)C(=O)N1C(C#N)C[C@@H]2C[C@@H]21. The lowest BCUT2D eigenvalue weighted by Gasteiger charge is -2.38. The predicted octanol–water partition coefficient (Wildman–Crippen LogP) is 1.01. The second-order valence-electron chi connectivity index (χ2n) is 9.13. The second-order valence-corrected chi connectivity index (χ2v) is 9.13. The molecule has 0 spiro atoms. The molecular formula is C22H26FN5O2. The highest BCUT2D eigenvalue weighted by molar-refractivity contribution is 5.87. The molecular weight excluding hydrogens is 385 g/mol. The van der Waals surface area contributed by atoms with E-state index in [0.717, 1.165) is 18.4 Å². The lowest BCUT2D eigenvalue weighted by Crippen LogP contribution is -2.57. The number of nitrogens with two attached hydrogens (primary N) is 1. The lowest BCUT2D eigenvalue weighted by molar-refractivity contribution is -0.141. The van der Waals surface area contributed by atoms with Crippen LogP contribution in [0.25, 0.3) is 0 Å². The van der Waals surface area contributed by atoms with Crippen molar-refractivity contribution < 1.29 is 14.0 Å². The number of nitriles is 1. The second kappa shape index (κ2) is 7.03. The smallest absolute Gasteiger partial charge is 0.242 e. The van der Waals surface area contributed by atoms with Crippen LogP contribution >= 0.6 is 0 Å². The number of benzene rings is 1. The van der Waals surface area contributed by atoms with Crippen molar-refractivity contribution in [2.24, 2.45) is 11.7 Å². The summed E-state index contributed by atoms with van der Waals surface area (Å²) in [4.78, 5) is 31.5. The number of piperidine rings is 1. The number of likely N-dealkylation sites (tertiary alicyclic amines) is 3. The van der Waals surface area contributed by atoms with E-state index in [0.29, 0.717) is 25.4 Å². The van der Waals surface area contributed by atoms with E-state index in [1.54, 1.807) is 11.0 Å².